The molecule has 3 heteroatoms. The molecule has 0 spiro atoms. The van der Waals surface area contributed by atoms with Crippen LogP contribution in [0.2, 0.25) is 0 Å². The van der Waals surface area contributed by atoms with Crippen molar-refractivity contribution in [2.24, 2.45) is 5.41 Å². The van der Waals surface area contributed by atoms with Gasteiger partial charge in [-0.2, -0.15) is 0 Å². The van der Waals surface area contributed by atoms with Gasteiger partial charge in [0.15, 0.2) is 5.78 Å². The Morgan fingerprint density at radius 2 is 2.00 bits per heavy atom. The number of carbonyl (C=O) groups is 1. The summed E-state index contributed by atoms with van der Waals surface area (Å²) in [6.45, 7) is 3.70. The van der Waals surface area contributed by atoms with E-state index in [4.69, 9.17) is 0 Å². The van der Waals surface area contributed by atoms with E-state index in [2.05, 4.69) is 5.32 Å². The molecule has 1 N–H and O–H groups in total. The van der Waals surface area contributed by atoms with E-state index in [1.807, 2.05) is 6.92 Å². The van der Waals surface area contributed by atoms with E-state index in [-0.39, 0.29) is 16.8 Å². The minimum Gasteiger partial charge on any atom is -0.317 e. The van der Waals surface area contributed by atoms with Gasteiger partial charge in [0.1, 0.15) is 5.82 Å². The lowest BCUT2D eigenvalue weighted by atomic mass is 9.71. The molecule has 92 valence electrons. The highest BCUT2D eigenvalue weighted by atomic mass is 19.1. The Labute approximate surface area is 101 Å². The summed E-state index contributed by atoms with van der Waals surface area (Å²) in [5.41, 5.74) is -0.121. The predicted octanol–water partition coefficient (Wildman–Crippen LogP) is 2.79. The molecule has 1 heterocycles. The number of piperidine rings is 1. The molecule has 0 atom stereocenters. The van der Waals surface area contributed by atoms with Crippen LogP contribution in [-0.2, 0) is 0 Å². The molecule has 2 rings (SSSR count). The Kier molecular flexibility index (Phi) is 3.57. The average Bonchev–Trinajstić information content (AvgIpc) is 2.39. The van der Waals surface area contributed by atoms with E-state index in [0.29, 0.717) is 0 Å². The summed E-state index contributed by atoms with van der Waals surface area (Å²) in [6, 6.07) is 6.29. The van der Waals surface area contributed by atoms with Crippen molar-refractivity contribution in [2.45, 2.75) is 26.2 Å². The van der Waals surface area contributed by atoms with Gasteiger partial charge in [-0.15, -0.1) is 0 Å². The topological polar surface area (TPSA) is 29.1 Å². The van der Waals surface area contributed by atoms with Crippen LogP contribution in [0.15, 0.2) is 24.3 Å². The van der Waals surface area contributed by atoms with Crippen LogP contribution in [0, 0.1) is 11.2 Å². The highest BCUT2D eigenvalue weighted by Gasteiger charge is 2.38. The van der Waals surface area contributed by atoms with E-state index in [0.717, 1.165) is 32.4 Å². The molecular formula is C14H18FNO. The Hall–Kier alpha value is -1.22. The first kappa shape index (κ1) is 12.2. The summed E-state index contributed by atoms with van der Waals surface area (Å²) < 4.78 is 13.7. The molecule has 0 saturated carbocycles. The smallest absolute Gasteiger partial charge is 0.172 e. The summed E-state index contributed by atoms with van der Waals surface area (Å²) in [5.74, 6) is -0.427. The molecule has 1 aliphatic rings. The molecule has 1 saturated heterocycles. The van der Waals surface area contributed by atoms with Crippen LogP contribution in [0.3, 0.4) is 0 Å². The predicted molar refractivity (Wildman–Crippen MR) is 65.6 cm³/mol. The van der Waals surface area contributed by atoms with Gasteiger partial charge in [-0.1, -0.05) is 19.1 Å². The van der Waals surface area contributed by atoms with E-state index in [1.54, 1.807) is 18.2 Å². The van der Waals surface area contributed by atoms with E-state index < -0.39 is 5.82 Å². The zero-order chi connectivity index (χ0) is 12.3. The van der Waals surface area contributed by atoms with Gasteiger partial charge in [-0.3, -0.25) is 4.79 Å². The number of Topliss-reactive ketones (excluding diaryl/α,β-unsaturated/α-hetero) is 1. The average molecular weight is 235 g/mol. The molecule has 0 bridgehead atoms. The number of nitrogens with one attached hydrogen (secondary N) is 1. The lowest BCUT2D eigenvalue weighted by Crippen LogP contribution is -2.42. The molecule has 2 nitrogen and oxygen atoms in total. The van der Waals surface area contributed by atoms with Crippen LogP contribution in [-0.4, -0.2) is 18.9 Å². The van der Waals surface area contributed by atoms with Crippen molar-refractivity contribution in [3.8, 4) is 0 Å². The van der Waals surface area contributed by atoms with Crippen LogP contribution < -0.4 is 5.32 Å². The highest BCUT2D eigenvalue weighted by Crippen LogP contribution is 2.36. The van der Waals surface area contributed by atoms with Crippen molar-refractivity contribution in [3.63, 3.8) is 0 Å². The Bertz CT molecular complexity index is 410. The second kappa shape index (κ2) is 4.96. The van der Waals surface area contributed by atoms with Crippen LogP contribution in [0.4, 0.5) is 4.39 Å². The van der Waals surface area contributed by atoms with Crippen LogP contribution in [0.1, 0.15) is 36.5 Å². The SMILES string of the molecule is CCC1(C(=O)c2ccccc2F)CCNCC1. The number of halogens is 1. The van der Waals surface area contributed by atoms with Gasteiger partial charge in [0.25, 0.3) is 0 Å². The molecular weight excluding hydrogens is 217 g/mol. The number of hydrogen-bond acceptors (Lipinski definition) is 2. The fourth-order valence-corrected chi connectivity index (χ4v) is 2.58. The van der Waals surface area contributed by atoms with Gasteiger partial charge in [-0.25, -0.2) is 4.39 Å². The molecule has 17 heavy (non-hydrogen) atoms. The van der Waals surface area contributed by atoms with E-state index in [9.17, 15) is 9.18 Å². The zero-order valence-corrected chi connectivity index (χ0v) is 10.1. The third kappa shape index (κ3) is 2.25. The van der Waals surface area contributed by atoms with Gasteiger partial charge in [0.2, 0.25) is 0 Å². The summed E-state index contributed by atoms with van der Waals surface area (Å²) in [4.78, 5) is 12.5. The fourth-order valence-electron chi connectivity index (χ4n) is 2.58. The number of carbonyl (C=O) groups excluding carboxylic acids is 1. The molecule has 0 aromatic heterocycles. The number of ketones is 1. The van der Waals surface area contributed by atoms with Gasteiger partial charge in [0, 0.05) is 5.41 Å². The van der Waals surface area contributed by atoms with Gasteiger partial charge >= 0.3 is 0 Å². The molecule has 0 amide bonds. The first-order valence-corrected chi connectivity index (χ1v) is 6.20. The summed E-state index contributed by atoms with van der Waals surface area (Å²) in [6.07, 6.45) is 2.38. The van der Waals surface area contributed by atoms with Crippen molar-refractivity contribution in [1.29, 1.82) is 0 Å². The maximum atomic E-state index is 13.7. The molecule has 1 aromatic carbocycles. The second-order valence-electron chi connectivity index (χ2n) is 4.69. The largest absolute Gasteiger partial charge is 0.317 e. The minimum atomic E-state index is -0.399. The van der Waals surface area contributed by atoms with Crippen molar-refractivity contribution in [3.05, 3.63) is 35.6 Å². The molecule has 0 radical (unpaired) electrons. The Balaban J connectivity index is 2.32. The second-order valence-corrected chi connectivity index (χ2v) is 4.69. The van der Waals surface area contributed by atoms with Crippen molar-refractivity contribution >= 4 is 5.78 Å². The quantitative estimate of drug-likeness (QED) is 0.816. The molecule has 0 unspecified atom stereocenters. The normalized spacial score (nSPS) is 18.9. The molecule has 1 fully saturated rings. The lowest BCUT2D eigenvalue weighted by molar-refractivity contribution is 0.0713. The Morgan fingerprint density at radius 3 is 2.59 bits per heavy atom. The van der Waals surface area contributed by atoms with Crippen LogP contribution in [0.25, 0.3) is 0 Å². The zero-order valence-electron chi connectivity index (χ0n) is 10.1. The van der Waals surface area contributed by atoms with E-state index in [1.165, 1.54) is 6.07 Å². The van der Waals surface area contributed by atoms with Gasteiger partial charge in [-0.05, 0) is 44.5 Å². The van der Waals surface area contributed by atoms with Gasteiger partial charge < -0.3 is 5.32 Å². The molecule has 1 aromatic rings. The maximum absolute atomic E-state index is 13.7. The van der Waals surface area contributed by atoms with Crippen LogP contribution >= 0.6 is 0 Å². The summed E-state index contributed by atoms with van der Waals surface area (Å²) in [5, 5.41) is 3.25. The third-order valence-electron chi connectivity index (χ3n) is 3.84. The van der Waals surface area contributed by atoms with Crippen molar-refractivity contribution in [1.82, 2.24) is 5.32 Å². The van der Waals surface area contributed by atoms with Crippen LogP contribution in [0.5, 0.6) is 0 Å². The van der Waals surface area contributed by atoms with Crippen molar-refractivity contribution in [2.75, 3.05) is 13.1 Å². The molecule has 1 aliphatic heterocycles. The molecule has 0 aliphatic carbocycles. The fraction of sp³-hybridized carbons (Fsp3) is 0.500. The first-order chi connectivity index (χ1) is 8.19. The first-order valence-electron chi connectivity index (χ1n) is 6.20. The summed E-state index contributed by atoms with van der Waals surface area (Å²) >= 11 is 0. The maximum Gasteiger partial charge on any atom is 0.172 e. The highest BCUT2D eigenvalue weighted by molar-refractivity contribution is 6.00. The Morgan fingerprint density at radius 1 is 1.35 bits per heavy atom. The third-order valence-corrected chi connectivity index (χ3v) is 3.84. The number of rotatable bonds is 3. The standard InChI is InChI=1S/C14H18FNO/c1-2-14(7-9-16-10-8-14)13(17)11-5-3-4-6-12(11)15/h3-6,16H,2,7-10H2,1H3. The minimum absolute atomic E-state index is 0.0281. The summed E-state index contributed by atoms with van der Waals surface area (Å²) in [7, 11) is 0. The monoisotopic (exact) mass is 235 g/mol. The lowest BCUT2D eigenvalue weighted by Gasteiger charge is -2.35. The number of benzene rings is 1. The van der Waals surface area contributed by atoms with E-state index >= 15 is 0 Å². The van der Waals surface area contributed by atoms with Crippen molar-refractivity contribution < 1.29 is 9.18 Å². The number of hydrogen-bond donors (Lipinski definition) is 1. The van der Waals surface area contributed by atoms with Gasteiger partial charge in [0.05, 0.1) is 5.56 Å².